The van der Waals surface area contributed by atoms with Gasteiger partial charge in [-0.2, -0.15) is 0 Å². The molecule has 130 valence electrons. The Kier molecular flexibility index (Phi) is 6.00. The van der Waals surface area contributed by atoms with Gasteiger partial charge in [0.15, 0.2) is 5.82 Å². The molecule has 0 bridgehead atoms. The van der Waals surface area contributed by atoms with Crippen molar-refractivity contribution in [2.75, 3.05) is 11.1 Å². The Morgan fingerprint density at radius 3 is 2.48 bits per heavy atom. The molecule has 2 N–H and O–H groups in total. The van der Waals surface area contributed by atoms with Crippen molar-refractivity contribution in [3.8, 4) is 0 Å². The third kappa shape index (κ3) is 5.29. The van der Waals surface area contributed by atoms with Crippen molar-refractivity contribution in [2.24, 2.45) is 0 Å². The van der Waals surface area contributed by atoms with E-state index in [0.29, 0.717) is 28.2 Å². The number of nitrogens with one attached hydrogen (secondary N) is 2. The molecule has 1 aliphatic rings. The third-order valence-corrected chi connectivity index (χ3v) is 4.91. The van der Waals surface area contributed by atoms with Gasteiger partial charge in [0, 0.05) is 11.6 Å². The second-order valence-corrected chi connectivity index (χ2v) is 6.91. The first-order valence-electron chi connectivity index (χ1n) is 8.33. The van der Waals surface area contributed by atoms with Crippen LogP contribution in [0.4, 0.5) is 5.82 Å². The van der Waals surface area contributed by atoms with E-state index < -0.39 is 0 Å². The molecule has 0 atom stereocenters. The second kappa shape index (κ2) is 8.62. The van der Waals surface area contributed by atoms with Crippen LogP contribution in [-0.4, -0.2) is 33.8 Å². The molecule has 0 unspecified atom stereocenters. The standard InChI is InChI=1S/C18H20N4O2S/c23-16(19-14-8-4-5-9-14)12-25-17-11-10-15(21-22-17)20-18(24)13-6-2-1-3-7-13/h1-3,6-7,10-11,14H,4-5,8-9,12H2,(H,19,23)(H,20,21,24). The molecule has 1 heterocycles. The number of aromatic nitrogens is 2. The first-order valence-corrected chi connectivity index (χ1v) is 9.31. The minimum absolute atomic E-state index is 0.0279. The number of benzene rings is 1. The largest absolute Gasteiger partial charge is 0.353 e. The molecule has 1 aromatic carbocycles. The van der Waals surface area contributed by atoms with Crippen molar-refractivity contribution in [3.05, 3.63) is 48.0 Å². The zero-order valence-corrected chi connectivity index (χ0v) is 14.6. The molecule has 0 radical (unpaired) electrons. The molecular weight excluding hydrogens is 336 g/mol. The van der Waals surface area contributed by atoms with Gasteiger partial charge in [0.2, 0.25) is 5.91 Å². The van der Waals surface area contributed by atoms with Crippen LogP contribution in [0.3, 0.4) is 0 Å². The molecule has 6 nitrogen and oxygen atoms in total. The van der Waals surface area contributed by atoms with Crippen molar-refractivity contribution in [1.82, 2.24) is 15.5 Å². The molecule has 0 spiro atoms. The quantitative estimate of drug-likeness (QED) is 0.778. The van der Waals surface area contributed by atoms with Crippen LogP contribution in [0.25, 0.3) is 0 Å². The van der Waals surface area contributed by atoms with Gasteiger partial charge in [-0.25, -0.2) is 0 Å². The van der Waals surface area contributed by atoms with Crippen LogP contribution >= 0.6 is 11.8 Å². The Morgan fingerprint density at radius 1 is 1.04 bits per heavy atom. The topological polar surface area (TPSA) is 84.0 Å². The highest BCUT2D eigenvalue weighted by Gasteiger charge is 2.17. The molecule has 1 aromatic heterocycles. The van der Waals surface area contributed by atoms with Crippen LogP contribution in [0.2, 0.25) is 0 Å². The Balaban J connectivity index is 1.47. The van der Waals surface area contributed by atoms with E-state index in [1.165, 1.54) is 24.6 Å². The highest BCUT2D eigenvalue weighted by atomic mass is 32.2. The van der Waals surface area contributed by atoms with Gasteiger partial charge >= 0.3 is 0 Å². The number of amides is 2. The lowest BCUT2D eigenvalue weighted by atomic mass is 10.2. The van der Waals surface area contributed by atoms with Crippen molar-refractivity contribution >= 4 is 29.4 Å². The van der Waals surface area contributed by atoms with Crippen LogP contribution < -0.4 is 10.6 Å². The van der Waals surface area contributed by atoms with Gasteiger partial charge in [-0.05, 0) is 37.1 Å². The summed E-state index contributed by atoms with van der Waals surface area (Å²) >= 11 is 1.34. The molecule has 1 fully saturated rings. The van der Waals surface area contributed by atoms with Crippen molar-refractivity contribution in [1.29, 1.82) is 0 Å². The second-order valence-electron chi connectivity index (χ2n) is 5.91. The summed E-state index contributed by atoms with van der Waals surface area (Å²) in [7, 11) is 0. The Hall–Kier alpha value is -2.41. The number of anilines is 1. The summed E-state index contributed by atoms with van der Waals surface area (Å²) < 4.78 is 0. The monoisotopic (exact) mass is 356 g/mol. The predicted octanol–water partition coefficient (Wildman–Crippen LogP) is 2.88. The number of thioether (sulfide) groups is 1. The normalized spacial score (nSPS) is 14.2. The van der Waals surface area contributed by atoms with Gasteiger partial charge in [-0.1, -0.05) is 42.8 Å². The highest BCUT2D eigenvalue weighted by molar-refractivity contribution is 7.99. The molecule has 25 heavy (non-hydrogen) atoms. The third-order valence-electron chi connectivity index (χ3n) is 3.99. The molecule has 3 rings (SSSR count). The van der Waals surface area contributed by atoms with Crippen molar-refractivity contribution in [2.45, 2.75) is 36.8 Å². The minimum atomic E-state index is -0.230. The smallest absolute Gasteiger partial charge is 0.256 e. The molecule has 1 saturated carbocycles. The van der Waals surface area contributed by atoms with Gasteiger partial charge in [-0.3, -0.25) is 9.59 Å². The SMILES string of the molecule is O=C(CSc1ccc(NC(=O)c2ccccc2)nn1)NC1CCCC1. The minimum Gasteiger partial charge on any atom is -0.353 e. The van der Waals surface area contributed by atoms with Gasteiger partial charge in [0.25, 0.3) is 5.91 Å². The summed E-state index contributed by atoms with van der Waals surface area (Å²) in [5.41, 5.74) is 0.561. The van der Waals surface area contributed by atoms with E-state index in [1.54, 1.807) is 36.4 Å². The Bertz CT molecular complexity index is 716. The van der Waals surface area contributed by atoms with E-state index in [9.17, 15) is 9.59 Å². The predicted molar refractivity (Wildman–Crippen MR) is 97.5 cm³/mol. The molecule has 0 saturated heterocycles. The van der Waals surface area contributed by atoms with Crippen molar-refractivity contribution in [3.63, 3.8) is 0 Å². The fourth-order valence-corrected chi connectivity index (χ4v) is 3.35. The maximum absolute atomic E-state index is 12.0. The van der Waals surface area contributed by atoms with Crippen molar-refractivity contribution < 1.29 is 9.59 Å². The number of hydrogen-bond acceptors (Lipinski definition) is 5. The summed E-state index contributed by atoms with van der Waals surface area (Å²) in [5, 5.41) is 14.4. The average Bonchev–Trinajstić information content (AvgIpc) is 3.15. The van der Waals surface area contributed by atoms with E-state index >= 15 is 0 Å². The summed E-state index contributed by atoms with van der Waals surface area (Å²) in [4.78, 5) is 23.9. The average molecular weight is 356 g/mol. The fraction of sp³-hybridized carbons (Fsp3) is 0.333. The van der Waals surface area contributed by atoms with Crippen LogP contribution in [-0.2, 0) is 4.79 Å². The number of carbonyl (C=O) groups excluding carboxylic acids is 2. The maximum Gasteiger partial charge on any atom is 0.256 e. The number of carbonyl (C=O) groups is 2. The lowest BCUT2D eigenvalue weighted by Crippen LogP contribution is -2.33. The fourth-order valence-electron chi connectivity index (χ4n) is 2.72. The summed E-state index contributed by atoms with van der Waals surface area (Å²) in [6.45, 7) is 0. The van der Waals surface area contributed by atoms with Gasteiger partial charge in [0.05, 0.1) is 5.75 Å². The number of nitrogens with zero attached hydrogens (tertiary/aromatic N) is 2. The zero-order valence-electron chi connectivity index (χ0n) is 13.8. The molecule has 7 heteroatoms. The lowest BCUT2D eigenvalue weighted by Gasteiger charge is -2.11. The van der Waals surface area contributed by atoms with Crippen LogP contribution in [0.15, 0.2) is 47.5 Å². The molecular formula is C18H20N4O2S. The number of hydrogen-bond donors (Lipinski definition) is 2. The zero-order chi connectivity index (χ0) is 17.5. The van der Waals surface area contributed by atoms with E-state index in [4.69, 9.17) is 0 Å². The first kappa shape index (κ1) is 17.4. The summed E-state index contributed by atoms with van der Waals surface area (Å²) in [6, 6.07) is 12.7. The lowest BCUT2D eigenvalue weighted by molar-refractivity contribution is -0.119. The van der Waals surface area contributed by atoms with Crippen LogP contribution in [0, 0.1) is 0 Å². The van der Waals surface area contributed by atoms with Gasteiger partial charge in [-0.15, -0.1) is 10.2 Å². The maximum atomic E-state index is 12.0. The molecule has 1 aliphatic carbocycles. The summed E-state index contributed by atoms with van der Waals surface area (Å²) in [5.74, 6) is 0.501. The first-order chi connectivity index (χ1) is 12.2. The highest BCUT2D eigenvalue weighted by Crippen LogP contribution is 2.19. The van der Waals surface area contributed by atoms with Crippen LogP contribution in [0.1, 0.15) is 36.0 Å². The van der Waals surface area contributed by atoms with E-state index in [-0.39, 0.29) is 11.8 Å². The number of rotatable bonds is 6. The molecule has 0 aliphatic heterocycles. The van der Waals surface area contributed by atoms with Crippen LogP contribution in [0.5, 0.6) is 0 Å². The Morgan fingerprint density at radius 2 is 1.80 bits per heavy atom. The Labute approximate surface area is 150 Å². The van der Waals surface area contributed by atoms with Gasteiger partial charge < -0.3 is 10.6 Å². The van der Waals surface area contributed by atoms with Gasteiger partial charge in [0.1, 0.15) is 5.03 Å². The molecule has 2 aromatic rings. The molecule has 2 amide bonds. The van der Waals surface area contributed by atoms with E-state index in [1.807, 2.05) is 6.07 Å². The van der Waals surface area contributed by atoms with E-state index in [2.05, 4.69) is 20.8 Å². The van der Waals surface area contributed by atoms with E-state index in [0.717, 1.165) is 12.8 Å². The summed E-state index contributed by atoms with van der Waals surface area (Å²) in [6.07, 6.45) is 4.54.